The summed E-state index contributed by atoms with van der Waals surface area (Å²) in [5.41, 5.74) is 0.232. The highest BCUT2D eigenvalue weighted by Gasteiger charge is 2.30. The summed E-state index contributed by atoms with van der Waals surface area (Å²) in [4.78, 5) is 7.97. The van der Waals surface area contributed by atoms with Gasteiger partial charge in [0.1, 0.15) is 6.33 Å². The van der Waals surface area contributed by atoms with Gasteiger partial charge in [0.05, 0.1) is 17.4 Å². The van der Waals surface area contributed by atoms with Gasteiger partial charge in [-0.2, -0.15) is 18.2 Å². The van der Waals surface area contributed by atoms with Gasteiger partial charge in [0.25, 0.3) is 0 Å². The van der Waals surface area contributed by atoms with Gasteiger partial charge in [-0.15, -0.1) is 5.10 Å². The third-order valence-corrected chi connectivity index (χ3v) is 2.85. The highest BCUT2D eigenvalue weighted by Crippen LogP contribution is 2.31. The molecule has 0 saturated carbocycles. The van der Waals surface area contributed by atoms with Crippen LogP contribution >= 0.6 is 0 Å². The van der Waals surface area contributed by atoms with Crippen molar-refractivity contribution in [2.75, 3.05) is 5.32 Å². The van der Waals surface area contributed by atoms with Gasteiger partial charge in [0.15, 0.2) is 0 Å². The van der Waals surface area contributed by atoms with E-state index in [1.165, 1.54) is 23.1 Å². The van der Waals surface area contributed by atoms with E-state index in [2.05, 4.69) is 20.4 Å². The largest absolute Gasteiger partial charge is 0.416 e. The zero-order chi connectivity index (χ0) is 15.6. The molecule has 22 heavy (non-hydrogen) atoms. The Morgan fingerprint density at radius 3 is 2.68 bits per heavy atom. The third kappa shape index (κ3) is 3.05. The number of hydrogen-bond donors (Lipinski definition) is 1. The van der Waals surface area contributed by atoms with E-state index in [0.717, 1.165) is 12.1 Å². The van der Waals surface area contributed by atoms with Crippen molar-refractivity contribution in [1.82, 2.24) is 19.7 Å². The van der Waals surface area contributed by atoms with Crippen LogP contribution in [0.3, 0.4) is 0 Å². The van der Waals surface area contributed by atoms with Crippen LogP contribution < -0.4 is 5.32 Å². The quantitative estimate of drug-likeness (QED) is 0.805. The zero-order valence-electron chi connectivity index (χ0n) is 11.1. The van der Waals surface area contributed by atoms with E-state index in [-0.39, 0.29) is 11.6 Å². The fourth-order valence-electron chi connectivity index (χ4n) is 1.84. The van der Waals surface area contributed by atoms with E-state index >= 15 is 0 Å². The molecule has 0 atom stereocenters. The summed E-state index contributed by atoms with van der Waals surface area (Å²) in [6.07, 6.45) is 0.290. The number of pyridine rings is 1. The number of aromatic nitrogens is 4. The molecule has 2 heterocycles. The van der Waals surface area contributed by atoms with Crippen LogP contribution in [0.4, 0.5) is 24.8 Å². The SMILES string of the molecule is FC(F)(F)c1cccc(Nc2ncn(-c3cccnc3)n2)c1. The number of rotatable bonds is 3. The fourth-order valence-corrected chi connectivity index (χ4v) is 1.84. The Hall–Kier alpha value is -2.90. The standard InChI is InChI=1S/C14H10F3N5/c15-14(16,17)10-3-1-4-11(7-10)20-13-19-9-22(21-13)12-5-2-6-18-8-12/h1-9H,(H,20,21). The predicted molar refractivity (Wildman–Crippen MR) is 73.9 cm³/mol. The molecule has 8 heteroatoms. The van der Waals surface area contributed by atoms with Crippen LogP contribution in [0.15, 0.2) is 55.1 Å². The average Bonchev–Trinajstić information content (AvgIpc) is 2.96. The van der Waals surface area contributed by atoms with E-state index in [4.69, 9.17) is 0 Å². The zero-order valence-corrected chi connectivity index (χ0v) is 11.1. The maximum Gasteiger partial charge on any atom is 0.416 e. The van der Waals surface area contributed by atoms with Crippen molar-refractivity contribution in [3.05, 3.63) is 60.7 Å². The number of halogens is 3. The number of hydrogen-bond acceptors (Lipinski definition) is 4. The first-order valence-electron chi connectivity index (χ1n) is 6.29. The molecule has 5 nitrogen and oxygen atoms in total. The highest BCUT2D eigenvalue weighted by molar-refractivity contribution is 5.54. The van der Waals surface area contributed by atoms with E-state index in [9.17, 15) is 13.2 Å². The minimum absolute atomic E-state index is 0.197. The Morgan fingerprint density at radius 1 is 1.09 bits per heavy atom. The predicted octanol–water partition coefficient (Wildman–Crippen LogP) is 3.42. The average molecular weight is 305 g/mol. The Morgan fingerprint density at radius 2 is 1.95 bits per heavy atom. The Balaban J connectivity index is 1.81. The summed E-state index contributed by atoms with van der Waals surface area (Å²) in [5.74, 6) is 0.197. The fraction of sp³-hybridized carbons (Fsp3) is 0.0714. The molecule has 0 bridgehead atoms. The van der Waals surface area contributed by atoms with Crippen LogP contribution in [0.2, 0.25) is 0 Å². The second-order valence-electron chi connectivity index (χ2n) is 4.43. The van der Waals surface area contributed by atoms with Gasteiger partial charge in [-0.3, -0.25) is 4.98 Å². The van der Waals surface area contributed by atoms with Crippen molar-refractivity contribution in [3.8, 4) is 5.69 Å². The number of nitrogens with zero attached hydrogens (tertiary/aromatic N) is 4. The lowest BCUT2D eigenvalue weighted by atomic mass is 10.2. The highest BCUT2D eigenvalue weighted by atomic mass is 19.4. The molecule has 3 rings (SSSR count). The van der Waals surface area contributed by atoms with Crippen LogP contribution in [0.1, 0.15) is 5.56 Å². The first-order valence-corrected chi connectivity index (χ1v) is 6.29. The van der Waals surface area contributed by atoms with Crippen molar-refractivity contribution in [2.24, 2.45) is 0 Å². The van der Waals surface area contributed by atoms with E-state index in [0.29, 0.717) is 5.69 Å². The summed E-state index contributed by atoms with van der Waals surface area (Å²) >= 11 is 0. The number of nitrogens with one attached hydrogen (secondary N) is 1. The topological polar surface area (TPSA) is 55.6 Å². The molecule has 0 aliphatic rings. The van der Waals surface area contributed by atoms with Gasteiger partial charge in [-0.25, -0.2) is 4.68 Å². The second-order valence-corrected chi connectivity index (χ2v) is 4.43. The van der Waals surface area contributed by atoms with Crippen LogP contribution in [0.5, 0.6) is 0 Å². The summed E-state index contributed by atoms with van der Waals surface area (Å²) in [6.45, 7) is 0. The molecule has 0 fully saturated rings. The third-order valence-electron chi connectivity index (χ3n) is 2.85. The molecule has 0 saturated heterocycles. The lowest BCUT2D eigenvalue weighted by Crippen LogP contribution is -2.05. The minimum Gasteiger partial charge on any atom is -0.323 e. The molecule has 0 unspecified atom stereocenters. The van der Waals surface area contributed by atoms with Crippen molar-refractivity contribution in [2.45, 2.75) is 6.18 Å². The molecule has 0 aliphatic heterocycles. The van der Waals surface area contributed by atoms with Crippen molar-refractivity contribution >= 4 is 11.6 Å². The van der Waals surface area contributed by atoms with Crippen LogP contribution in [0.25, 0.3) is 5.69 Å². The van der Waals surface area contributed by atoms with Gasteiger partial charge < -0.3 is 5.32 Å². The minimum atomic E-state index is -4.39. The number of alkyl halides is 3. The van der Waals surface area contributed by atoms with E-state index in [1.807, 2.05) is 0 Å². The van der Waals surface area contributed by atoms with Crippen LogP contribution in [-0.2, 0) is 6.18 Å². The molecule has 3 aromatic rings. The molecule has 0 aliphatic carbocycles. The second kappa shape index (κ2) is 5.47. The normalized spacial score (nSPS) is 11.4. The molecule has 1 N–H and O–H groups in total. The lowest BCUT2D eigenvalue weighted by molar-refractivity contribution is -0.137. The van der Waals surface area contributed by atoms with Crippen LogP contribution in [0, 0.1) is 0 Å². The molecular weight excluding hydrogens is 295 g/mol. The summed E-state index contributed by atoms with van der Waals surface area (Å²) in [5, 5.41) is 6.88. The maximum atomic E-state index is 12.7. The van der Waals surface area contributed by atoms with Crippen molar-refractivity contribution < 1.29 is 13.2 Å². The Kier molecular flexibility index (Phi) is 3.50. The monoisotopic (exact) mass is 305 g/mol. The van der Waals surface area contributed by atoms with Crippen molar-refractivity contribution in [1.29, 1.82) is 0 Å². The van der Waals surface area contributed by atoms with Gasteiger partial charge in [0.2, 0.25) is 5.95 Å². The van der Waals surface area contributed by atoms with Gasteiger partial charge in [0, 0.05) is 11.9 Å². The van der Waals surface area contributed by atoms with Gasteiger partial charge in [-0.05, 0) is 30.3 Å². The van der Waals surface area contributed by atoms with Gasteiger partial charge >= 0.3 is 6.18 Å². The van der Waals surface area contributed by atoms with Crippen molar-refractivity contribution in [3.63, 3.8) is 0 Å². The van der Waals surface area contributed by atoms with E-state index < -0.39 is 11.7 Å². The van der Waals surface area contributed by atoms with Crippen LogP contribution in [-0.4, -0.2) is 19.7 Å². The van der Waals surface area contributed by atoms with E-state index in [1.54, 1.807) is 24.5 Å². The molecule has 1 aromatic carbocycles. The smallest absolute Gasteiger partial charge is 0.323 e. The summed E-state index contributed by atoms with van der Waals surface area (Å²) < 4.78 is 39.5. The molecule has 2 aromatic heterocycles. The molecular formula is C14H10F3N5. The number of benzene rings is 1. The first-order chi connectivity index (χ1) is 10.5. The lowest BCUT2D eigenvalue weighted by Gasteiger charge is -2.08. The first kappa shape index (κ1) is 14.1. The molecule has 112 valence electrons. The van der Waals surface area contributed by atoms with Gasteiger partial charge in [-0.1, -0.05) is 6.07 Å². The summed E-state index contributed by atoms with van der Waals surface area (Å²) in [7, 11) is 0. The number of anilines is 2. The molecule has 0 spiro atoms. The molecule has 0 radical (unpaired) electrons. The summed E-state index contributed by atoms with van der Waals surface area (Å²) in [6, 6.07) is 8.38. The maximum absolute atomic E-state index is 12.7. The molecule has 0 amide bonds. The Labute approximate surface area is 123 Å². The Bertz CT molecular complexity index is 767.